The maximum atomic E-state index is 12.4. The van der Waals surface area contributed by atoms with E-state index in [-0.39, 0.29) is 11.6 Å². The third-order valence-corrected chi connectivity index (χ3v) is 5.55. The van der Waals surface area contributed by atoms with Gasteiger partial charge in [-0.2, -0.15) is 5.10 Å². The summed E-state index contributed by atoms with van der Waals surface area (Å²) in [5, 5.41) is 15.6. The van der Waals surface area contributed by atoms with Crippen LogP contribution in [0.5, 0.6) is 0 Å². The summed E-state index contributed by atoms with van der Waals surface area (Å²) in [7, 11) is 1.66. The molecule has 2 heterocycles. The van der Waals surface area contributed by atoms with Gasteiger partial charge in [0.25, 0.3) is 11.6 Å². The van der Waals surface area contributed by atoms with Crippen LogP contribution < -0.4 is 5.43 Å². The molecule has 0 aliphatic carbocycles. The summed E-state index contributed by atoms with van der Waals surface area (Å²) in [5.74, 6) is -0.353. The van der Waals surface area contributed by atoms with Crippen LogP contribution in [0.1, 0.15) is 26.6 Å². The molecule has 2 aromatic heterocycles. The number of carbonyl (C=O) groups excluding carboxylic acids is 1. The van der Waals surface area contributed by atoms with Crippen molar-refractivity contribution in [3.8, 4) is 0 Å². The summed E-state index contributed by atoms with van der Waals surface area (Å²) in [6.45, 7) is 5.37. The fourth-order valence-corrected chi connectivity index (χ4v) is 3.89. The molecule has 8 nitrogen and oxygen atoms in total. The van der Waals surface area contributed by atoms with Crippen molar-refractivity contribution in [2.24, 2.45) is 5.10 Å². The number of fused-ring (bicyclic) bond motifs is 1. The number of nitrogens with zero attached hydrogens (tertiary/aromatic N) is 3. The lowest BCUT2D eigenvalue weighted by atomic mass is 10.2. The lowest BCUT2D eigenvalue weighted by Crippen LogP contribution is -2.16. The van der Waals surface area contributed by atoms with Crippen LogP contribution in [-0.2, 0) is 11.3 Å². The Hall–Kier alpha value is -3.04. The molecule has 3 rings (SSSR count). The number of aryl methyl sites for hydroxylation is 1. The molecular weight excluding hydrogens is 380 g/mol. The number of hydrogen-bond acceptors (Lipinski definition) is 6. The summed E-state index contributed by atoms with van der Waals surface area (Å²) < 4.78 is 8.06. The minimum Gasteiger partial charge on any atom is -0.383 e. The number of rotatable bonds is 7. The smallest absolute Gasteiger partial charge is 0.281 e. The zero-order valence-electron chi connectivity index (χ0n) is 15.8. The van der Waals surface area contributed by atoms with E-state index < -0.39 is 4.92 Å². The maximum Gasteiger partial charge on any atom is 0.281 e. The molecule has 0 fully saturated rings. The quantitative estimate of drug-likeness (QED) is 0.372. The van der Waals surface area contributed by atoms with Crippen LogP contribution >= 0.6 is 11.3 Å². The van der Waals surface area contributed by atoms with Crippen molar-refractivity contribution >= 4 is 39.2 Å². The van der Waals surface area contributed by atoms with Crippen molar-refractivity contribution in [3.05, 3.63) is 62.3 Å². The first-order valence-electron chi connectivity index (χ1n) is 8.57. The van der Waals surface area contributed by atoms with Gasteiger partial charge >= 0.3 is 0 Å². The van der Waals surface area contributed by atoms with Crippen molar-refractivity contribution in [1.82, 2.24) is 9.99 Å². The second kappa shape index (κ2) is 8.32. The van der Waals surface area contributed by atoms with Gasteiger partial charge in [-0.1, -0.05) is 0 Å². The lowest BCUT2D eigenvalue weighted by molar-refractivity contribution is -0.384. The molecule has 0 saturated carbocycles. The number of carbonyl (C=O) groups is 1. The third-order valence-electron chi connectivity index (χ3n) is 4.44. The van der Waals surface area contributed by atoms with Gasteiger partial charge in [-0.05, 0) is 32.0 Å². The summed E-state index contributed by atoms with van der Waals surface area (Å²) in [6, 6.07) is 8.17. The molecule has 0 saturated heterocycles. The number of non-ortho nitro benzene ring substituents is 1. The number of nitro groups is 1. The van der Waals surface area contributed by atoms with Crippen LogP contribution in [0.4, 0.5) is 5.69 Å². The molecule has 0 radical (unpaired) electrons. The molecule has 0 spiro atoms. The first-order valence-corrected chi connectivity index (χ1v) is 9.39. The average Bonchev–Trinajstić information content (AvgIpc) is 3.21. The SMILES string of the molecule is COCCn1c(C)cc(C=NNC(=O)c2cc3cc([N+](=O)[O-])ccc3s2)c1C. The van der Waals surface area contributed by atoms with Gasteiger partial charge in [0, 0.05) is 52.8 Å². The first-order chi connectivity index (χ1) is 13.4. The predicted molar refractivity (Wildman–Crippen MR) is 109 cm³/mol. The maximum absolute atomic E-state index is 12.4. The number of nitrogens with one attached hydrogen (secondary N) is 1. The third kappa shape index (κ3) is 4.10. The summed E-state index contributed by atoms with van der Waals surface area (Å²) in [4.78, 5) is 23.2. The van der Waals surface area contributed by atoms with Gasteiger partial charge in [-0.25, -0.2) is 5.43 Å². The Morgan fingerprint density at radius 1 is 1.36 bits per heavy atom. The number of hydrogen-bond donors (Lipinski definition) is 1. The molecule has 0 unspecified atom stereocenters. The first kappa shape index (κ1) is 19.7. The standard InChI is InChI=1S/C19H20N4O4S/c1-12-8-15(13(2)22(12)6-7-27-3)11-20-21-19(24)18-10-14-9-16(23(25)26)4-5-17(14)28-18/h4-5,8-11H,6-7H2,1-3H3,(H,21,24). The number of nitro benzene ring substituents is 1. The van der Waals surface area contributed by atoms with Crippen LogP contribution in [0.2, 0.25) is 0 Å². The van der Waals surface area contributed by atoms with Crippen molar-refractivity contribution < 1.29 is 14.5 Å². The van der Waals surface area contributed by atoms with Gasteiger partial charge < -0.3 is 9.30 Å². The second-order valence-corrected chi connectivity index (χ2v) is 7.34. The van der Waals surface area contributed by atoms with Crippen molar-refractivity contribution in [2.75, 3.05) is 13.7 Å². The van der Waals surface area contributed by atoms with Gasteiger partial charge in [-0.15, -0.1) is 11.3 Å². The van der Waals surface area contributed by atoms with Crippen LogP contribution in [0, 0.1) is 24.0 Å². The lowest BCUT2D eigenvalue weighted by Gasteiger charge is -2.08. The van der Waals surface area contributed by atoms with E-state index in [4.69, 9.17) is 4.74 Å². The van der Waals surface area contributed by atoms with Crippen molar-refractivity contribution in [1.29, 1.82) is 0 Å². The van der Waals surface area contributed by atoms with E-state index in [9.17, 15) is 14.9 Å². The molecule has 0 bridgehead atoms. The number of benzene rings is 1. The summed E-state index contributed by atoms with van der Waals surface area (Å²) in [5.41, 5.74) is 5.57. The Labute approximate surface area is 165 Å². The fourth-order valence-electron chi connectivity index (χ4n) is 2.96. The highest BCUT2D eigenvalue weighted by molar-refractivity contribution is 7.20. The van der Waals surface area contributed by atoms with Crippen molar-refractivity contribution in [3.63, 3.8) is 0 Å². The molecule has 28 heavy (non-hydrogen) atoms. The molecule has 3 aromatic rings. The predicted octanol–water partition coefficient (Wildman–Crippen LogP) is 3.64. The monoisotopic (exact) mass is 400 g/mol. The number of hydrazone groups is 1. The van der Waals surface area contributed by atoms with Gasteiger partial charge in [0.05, 0.1) is 22.6 Å². The van der Waals surface area contributed by atoms with Crippen LogP contribution in [0.3, 0.4) is 0 Å². The number of thiophene rings is 1. The highest BCUT2D eigenvalue weighted by Gasteiger charge is 2.13. The molecule has 1 amide bonds. The van der Waals surface area contributed by atoms with Gasteiger partial charge in [-0.3, -0.25) is 14.9 Å². The zero-order chi connectivity index (χ0) is 20.3. The average molecular weight is 400 g/mol. The highest BCUT2D eigenvalue weighted by atomic mass is 32.1. The number of methoxy groups -OCH3 is 1. The van der Waals surface area contributed by atoms with Crippen molar-refractivity contribution in [2.45, 2.75) is 20.4 Å². The largest absolute Gasteiger partial charge is 0.383 e. The van der Waals surface area contributed by atoms with E-state index >= 15 is 0 Å². The Kier molecular flexibility index (Phi) is 5.86. The fraction of sp³-hybridized carbons (Fsp3) is 0.263. The molecule has 1 N–H and O–H groups in total. The molecule has 0 atom stereocenters. The van der Waals surface area contributed by atoms with Crippen LogP contribution in [0.25, 0.3) is 10.1 Å². The summed E-state index contributed by atoms with van der Waals surface area (Å²) in [6.07, 6.45) is 1.61. The number of amides is 1. The van der Waals surface area contributed by atoms with Gasteiger partial charge in [0.1, 0.15) is 0 Å². The minimum absolute atomic E-state index is 0.000825. The Bertz CT molecular complexity index is 1070. The second-order valence-electron chi connectivity index (χ2n) is 6.26. The van der Waals surface area contributed by atoms with E-state index in [1.807, 2.05) is 19.9 Å². The Morgan fingerprint density at radius 2 is 2.14 bits per heavy atom. The van der Waals surface area contributed by atoms with E-state index in [0.717, 1.165) is 28.2 Å². The van der Waals surface area contributed by atoms with Crippen LogP contribution in [0.15, 0.2) is 35.4 Å². The van der Waals surface area contributed by atoms with E-state index in [2.05, 4.69) is 15.1 Å². The molecule has 9 heteroatoms. The number of ether oxygens (including phenoxy) is 1. The van der Waals surface area contributed by atoms with Gasteiger partial charge in [0.15, 0.2) is 0 Å². The van der Waals surface area contributed by atoms with Gasteiger partial charge in [0.2, 0.25) is 0 Å². The van der Waals surface area contributed by atoms with Crippen LogP contribution in [-0.4, -0.2) is 35.3 Å². The minimum atomic E-state index is -0.454. The molecule has 146 valence electrons. The van der Waals surface area contributed by atoms with E-state index in [1.54, 1.807) is 25.5 Å². The molecule has 1 aromatic carbocycles. The Balaban J connectivity index is 1.72. The topological polar surface area (TPSA) is 98.8 Å². The van der Waals surface area contributed by atoms with E-state index in [0.29, 0.717) is 16.9 Å². The molecule has 0 aliphatic heterocycles. The zero-order valence-corrected chi connectivity index (χ0v) is 16.6. The highest BCUT2D eigenvalue weighted by Crippen LogP contribution is 2.28. The van der Waals surface area contributed by atoms with E-state index in [1.165, 1.54) is 23.5 Å². The molecule has 0 aliphatic rings. The number of aromatic nitrogens is 1. The Morgan fingerprint density at radius 3 is 2.86 bits per heavy atom. The molecular formula is C19H20N4O4S. The summed E-state index contributed by atoms with van der Waals surface area (Å²) >= 11 is 1.26. The normalized spacial score (nSPS) is 11.4.